The van der Waals surface area contributed by atoms with E-state index in [4.69, 9.17) is 4.74 Å². The number of amides is 1. The first kappa shape index (κ1) is 19.4. The lowest BCUT2D eigenvalue weighted by atomic mass is 9.89. The SMILES string of the molecule is CCOC(=O)CC1Cc2ccccc2N(Cc2nc3cc(F)cc(F)c3s2)C1=O. The van der Waals surface area contributed by atoms with Crippen molar-refractivity contribution in [2.24, 2.45) is 5.92 Å². The molecule has 0 saturated carbocycles. The largest absolute Gasteiger partial charge is 0.466 e. The topological polar surface area (TPSA) is 59.5 Å². The van der Waals surface area contributed by atoms with Crippen molar-refractivity contribution >= 4 is 39.1 Å². The van der Waals surface area contributed by atoms with Crippen LogP contribution in [0.15, 0.2) is 36.4 Å². The number of ether oxygens (including phenoxy) is 1. The van der Waals surface area contributed by atoms with Crippen molar-refractivity contribution in [3.63, 3.8) is 0 Å². The number of anilines is 1. The van der Waals surface area contributed by atoms with E-state index in [2.05, 4.69) is 4.98 Å². The van der Waals surface area contributed by atoms with E-state index >= 15 is 0 Å². The summed E-state index contributed by atoms with van der Waals surface area (Å²) in [6, 6.07) is 9.46. The van der Waals surface area contributed by atoms with Crippen LogP contribution < -0.4 is 4.90 Å². The Labute approximate surface area is 169 Å². The maximum absolute atomic E-state index is 14.0. The zero-order chi connectivity index (χ0) is 20.5. The quantitative estimate of drug-likeness (QED) is 0.584. The van der Waals surface area contributed by atoms with Gasteiger partial charge in [0.25, 0.3) is 0 Å². The highest BCUT2D eigenvalue weighted by atomic mass is 32.1. The minimum Gasteiger partial charge on any atom is -0.466 e. The van der Waals surface area contributed by atoms with Gasteiger partial charge >= 0.3 is 5.97 Å². The van der Waals surface area contributed by atoms with Crippen molar-refractivity contribution in [3.05, 3.63) is 58.6 Å². The lowest BCUT2D eigenvalue weighted by molar-refractivity contribution is -0.146. The van der Waals surface area contributed by atoms with Gasteiger partial charge in [0, 0.05) is 17.8 Å². The molecule has 0 bridgehead atoms. The zero-order valence-corrected chi connectivity index (χ0v) is 16.5. The van der Waals surface area contributed by atoms with Crippen molar-refractivity contribution in [1.82, 2.24) is 4.98 Å². The third-order valence-corrected chi connectivity index (χ3v) is 5.89. The van der Waals surface area contributed by atoms with Crippen LogP contribution in [-0.4, -0.2) is 23.5 Å². The van der Waals surface area contributed by atoms with E-state index in [-0.39, 0.29) is 35.7 Å². The van der Waals surface area contributed by atoms with Crippen molar-refractivity contribution in [2.45, 2.75) is 26.3 Å². The summed E-state index contributed by atoms with van der Waals surface area (Å²) >= 11 is 1.09. The van der Waals surface area contributed by atoms with E-state index in [9.17, 15) is 18.4 Å². The Bertz CT molecular complexity index is 1100. The van der Waals surface area contributed by atoms with E-state index in [0.717, 1.165) is 28.7 Å². The minimum atomic E-state index is -0.694. The molecule has 2 aromatic carbocycles. The molecule has 1 amide bonds. The Hall–Kier alpha value is -2.87. The molecule has 5 nitrogen and oxygen atoms in total. The van der Waals surface area contributed by atoms with Crippen LogP contribution in [0.1, 0.15) is 23.9 Å². The Morgan fingerprint density at radius 2 is 2.10 bits per heavy atom. The van der Waals surface area contributed by atoms with Crippen LogP contribution in [0.2, 0.25) is 0 Å². The molecule has 1 unspecified atom stereocenters. The molecule has 0 radical (unpaired) electrons. The van der Waals surface area contributed by atoms with Gasteiger partial charge in [0.1, 0.15) is 16.6 Å². The third kappa shape index (κ3) is 3.85. The highest BCUT2D eigenvalue weighted by Gasteiger charge is 2.34. The predicted molar refractivity (Wildman–Crippen MR) is 106 cm³/mol. The van der Waals surface area contributed by atoms with Gasteiger partial charge in [-0.05, 0) is 25.0 Å². The molecule has 4 rings (SSSR count). The highest BCUT2D eigenvalue weighted by molar-refractivity contribution is 7.18. The Morgan fingerprint density at radius 1 is 1.31 bits per heavy atom. The number of halogens is 2. The van der Waals surface area contributed by atoms with Crippen LogP contribution in [-0.2, 0) is 27.3 Å². The van der Waals surface area contributed by atoms with Gasteiger partial charge in [0.15, 0.2) is 0 Å². The molecule has 150 valence electrons. The number of carbonyl (C=O) groups is 2. The number of para-hydroxylation sites is 1. The summed E-state index contributed by atoms with van der Waals surface area (Å²) in [6.07, 6.45) is 0.446. The first-order valence-electron chi connectivity index (χ1n) is 9.25. The van der Waals surface area contributed by atoms with Gasteiger partial charge in [-0.1, -0.05) is 18.2 Å². The number of carbonyl (C=O) groups excluding carboxylic acids is 2. The predicted octanol–water partition coefficient (Wildman–Crippen LogP) is 4.23. The van der Waals surface area contributed by atoms with Gasteiger partial charge in [-0.15, -0.1) is 11.3 Å². The molecule has 1 aromatic heterocycles. The molecule has 0 saturated heterocycles. The maximum Gasteiger partial charge on any atom is 0.306 e. The minimum absolute atomic E-state index is 0.00279. The van der Waals surface area contributed by atoms with Crippen LogP contribution in [0.3, 0.4) is 0 Å². The molecule has 0 aliphatic carbocycles. The fourth-order valence-electron chi connectivity index (χ4n) is 3.59. The summed E-state index contributed by atoms with van der Waals surface area (Å²) in [6.45, 7) is 2.10. The number of thiazole rings is 1. The molecule has 1 aliphatic heterocycles. The Balaban J connectivity index is 1.66. The van der Waals surface area contributed by atoms with E-state index in [1.165, 1.54) is 6.07 Å². The van der Waals surface area contributed by atoms with Crippen LogP contribution >= 0.6 is 11.3 Å². The smallest absolute Gasteiger partial charge is 0.306 e. The standard InChI is InChI=1S/C21H18F2N2O3S/c1-2-28-19(26)8-13-7-12-5-3-4-6-17(12)25(21(13)27)11-18-24-16-10-14(22)9-15(23)20(16)29-18/h3-6,9-10,13H,2,7-8,11H2,1H3. The fraction of sp³-hybridized carbons (Fsp3) is 0.286. The summed E-state index contributed by atoms with van der Waals surface area (Å²) in [4.78, 5) is 30.9. The molecule has 1 aliphatic rings. The number of hydrogen-bond acceptors (Lipinski definition) is 5. The van der Waals surface area contributed by atoms with Crippen molar-refractivity contribution < 1.29 is 23.1 Å². The molecule has 29 heavy (non-hydrogen) atoms. The Morgan fingerprint density at radius 3 is 2.90 bits per heavy atom. The number of fused-ring (bicyclic) bond motifs is 2. The molecular formula is C21H18F2N2O3S. The summed E-state index contributed by atoms with van der Waals surface area (Å²) in [5.74, 6) is -2.52. The molecule has 8 heteroatoms. The van der Waals surface area contributed by atoms with Crippen molar-refractivity contribution in [1.29, 1.82) is 0 Å². The lowest BCUT2D eigenvalue weighted by Gasteiger charge is -2.33. The second kappa shape index (κ2) is 7.87. The van der Waals surface area contributed by atoms with E-state index in [0.29, 0.717) is 11.4 Å². The molecule has 0 N–H and O–H groups in total. The number of hydrogen-bond donors (Lipinski definition) is 0. The van der Waals surface area contributed by atoms with Crippen molar-refractivity contribution in [3.8, 4) is 0 Å². The number of rotatable bonds is 5. The second-order valence-electron chi connectivity index (χ2n) is 6.81. The number of aromatic nitrogens is 1. The summed E-state index contributed by atoms with van der Waals surface area (Å²) < 4.78 is 32.8. The second-order valence-corrected chi connectivity index (χ2v) is 7.89. The number of esters is 1. The van der Waals surface area contributed by atoms with E-state index in [1.807, 2.05) is 24.3 Å². The van der Waals surface area contributed by atoms with Gasteiger partial charge < -0.3 is 9.64 Å². The lowest BCUT2D eigenvalue weighted by Crippen LogP contribution is -2.41. The van der Waals surface area contributed by atoms with Gasteiger partial charge in [0.05, 0.1) is 35.7 Å². The van der Waals surface area contributed by atoms with Crippen LogP contribution in [0.25, 0.3) is 10.2 Å². The van der Waals surface area contributed by atoms with Crippen LogP contribution in [0.4, 0.5) is 14.5 Å². The van der Waals surface area contributed by atoms with Crippen LogP contribution in [0, 0.1) is 17.6 Å². The average Bonchev–Trinajstić information content (AvgIpc) is 3.08. The van der Waals surface area contributed by atoms with Crippen LogP contribution in [0.5, 0.6) is 0 Å². The number of benzene rings is 2. The molecule has 0 spiro atoms. The average molecular weight is 416 g/mol. The normalized spacial score (nSPS) is 16.2. The first-order chi connectivity index (χ1) is 14.0. The number of nitrogens with zero attached hydrogens (tertiary/aromatic N) is 2. The first-order valence-corrected chi connectivity index (χ1v) is 10.1. The van der Waals surface area contributed by atoms with Gasteiger partial charge in [0.2, 0.25) is 5.91 Å². The zero-order valence-electron chi connectivity index (χ0n) is 15.7. The monoisotopic (exact) mass is 416 g/mol. The molecular weight excluding hydrogens is 398 g/mol. The maximum atomic E-state index is 14.0. The third-order valence-electron chi connectivity index (χ3n) is 4.83. The summed E-state index contributed by atoms with van der Waals surface area (Å²) in [5, 5.41) is 0.490. The summed E-state index contributed by atoms with van der Waals surface area (Å²) in [5.41, 5.74) is 1.91. The molecule has 0 fully saturated rings. The fourth-order valence-corrected chi connectivity index (χ4v) is 4.53. The van der Waals surface area contributed by atoms with E-state index < -0.39 is 23.5 Å². The van der Waals surface area contributed by atoms with Crippen molar-refractivity contribution in [2.75, 3.05) is 11.5 Å². The Kier molecular flexibility index (Phi) is 5.27. The van der Waals surface area contributed by atoms with Gasteiger partial charge in [-0.25, -0.2) is 13.8 Å². The summed E-state index contributed by atoms with van der Waals surface area (Å²) in [7, 11) is 0. The van der Waals surface area contributed by atoms with E-state index in [1.54, 1.807) is 11.8 Å². The molecule has 2 heterocycles. The highest BCUT2D eigenvalue weighted by Crippen LogP contribution is 2.35. The molecule has 1 atom stereocenters. The van der Waals surface area contributed by atoms with Gasteiger partial charge in [-0.3, -0.25) is 9.59 Å². The van der Waals surface area contributed by atoms with Gasteiger partial charge in [-0.2, -0.15) is 0 Å². The molecule has 3 aromatic rings.